The maximum Gasteiger partial charge on any atom is 0.271 e. The Hall–Kier alpha value is -1.69. The molecule has 0 unspecified atom stereocenters. The zero-order valence-electron chi connectivity index (χ0n) is 11.8. The van der Waals surface area contributed by atoms with Crippen LogP contribution in [0.15, 0.2) is 16.9 Å². The molecule has 0 radical (unpaired) electrons. The molecule has 1 aromatic rings. The lowest BCUT2D eigenvalue weighted by Gasteiger charge is -2.17. The lowest BCUT2D eigenvalue weighted by Crippen LogP contribution is -2.37. The lowest BCUT2D eigenvalue weighted by atomic mass is 10.1. The zero-order valence-corrected chi connectivity index (χ0v) is 11.8. The molecule has 0 aromatic carbocycles. The number of carbonyl (C=O) groups excluding carboxylic acids is 1. The van der Waals surface area contributed by atoms with Crippen molar-refractivity contribution in [1.29, 1.82) is 0 Å². The van der Waals surface area contributed by atoms with Crippen LogP contribution in [0.1, 0.15) is 31.3 Å². The van der Waals surface area contributed by atoms with E-state index in [1.54, 1.807) is 7.11 Å². The van der Waals surface area contributed by atoms with Crippen molar-refractivity contribution < 1.29 is 9.53 Å². The van der Waals surface area contributed by atoms with E-state index in [2.05, 4.69) is 10.4 Å². The van der Waals surface area contributed by atoms with E-state index in [4.69, 9.17) is 4.74 Å². The summed E-state index contributed by atoms with van der Waals surface area (Å²) in [7, 11) is 1.55. The van der Waals surface area contributed by atoms with Gasteiger partial charge in [-0.1, -0.05) is 13.8 Å². The average molecular weight is 267 g/mol. The van der Waals surface area contributed by atoms with E-state index in [1.807, 2.05) is 20.8 Å². The molecule has 6 nitrogen and oxygen atoms in total. The van der Waals surface area contributed by atoms with Gasteiger partial charge in [-0.25, -0.2) is 4.68 Å². The van der Waals surface area contributed by atoms with E-state index < -0.39 is 0 Å². The van der Waals surface area contributed by atoms with E-state index in [0.717, 1.165) is 0 Å². The van der Waals surface area contributed by atoms with Crippen LogP contribution in [0.25, 0.3) is 0 Å². The van der Waals surface area contributed by atoms with E-state index in [0.29, 0.717) is 19.1 Å². The maximum atomic E-state index is 12.0. The molecule has 1 heterocycles. The third-order valence-corrected chi connectivity index (χ3v) is 2.97. The molecule has 1 atom stereocenters. The van der Waals surface area contributed by atoms with Gasteiger partial charge in [0, 0.05) is 19.2 Å². The van der Waals surface area contributed by atoms with Gasteiger partial charge in [0.1, 0.15) is 5.69 Å². The monoisotopic (exact) mass is 267 g/mol. The van der Waals surface area contributed by atoms with Crippen molar-refractivity contribution >= 4 is 5.91 Å². The average Bonchev–Trinajstić information content (AvgIpc) is 2.37. The van der Waals surface area contributed by atoms with Gasteiger partial charge in [-0.05, 0) is 18.9 Å². The fourth-order valence-electron chi connectivity index (χ4n) is 1.36. The van der Waals surface area contributed by atoms with Gasteiger partial charge < -0.3 is 10.1 Å². The number of aromatic nitrogens is 2. The molecule has 6 heteroatoms. The Labute approximate surface area is 112 Å². The smallest absolute Gasteiger partial charge is 0.271 e. The number of nitrogens with zero attached hydrogens (tertiary/aromatic N) is 2. The van der Waals surface area contributed by atoms with E-state index in [9.17, 15) is 9.59 Å². The van der Waals surface area contributed by atoms with E-state index in [1.165, 1.54) is 16.8 Å². The highest BCUT2D eigenvalue weighted by atomic mass is 16.5. The number of carbonyl (C=O) groups is 1. The molecular formula is C13H21N3O3. The molecular weight excluding hydrogens is 246 g/mol. The van der Waals surface area contributed by atoms with Crippen LogP contribution in [0.4, 0.5) is 0 Å². The summed E-state index contributed by atoms with van der Waals surface area (Å²) in [5, 5.41) is 6.88. The van der Waals surface area contributed by atoms with Crippen molar-refractivity contribution in [1.82, 2.24) is 15.1 Å². The molecule has 0 bridgehead atoms. The Morgan fingerprint density at radius 2 is 2.11 bits per heavy atom. The number of ether oxygens (including phenoxy) is 1. The highest BCUT2D eigenvalue weighted by Gasteiger charge is 2.14. The van der Waals surface area contributed by atoms with E-state index >= 15 is 0 Å². The first kappa shape index (κ1) is 15.4. The Balaban J connectivity index is 2.83. The number of hydrogen-bond donors (Lipinski definition) is 1. The lowest BCUT2D eigenvalue weighted by molar-refractivity contribution is 0.0921. The molecule has 1 aromatic heterocycles. The predicted molar refractivity (Wildman–Crippen MR) is 72.1 cm³/mol. The first-order chi connectivity index (χ1) is 8.95. The minimum Gasteiger partial charge on any atom is -0.383 e. The molecule has 0 spiro atoms. The van der Waals surface area contributed by atoms with Crippen molar-refractivity contribution in [3.63, 3.8) is 0 Å². The van der Waals surface area contributed by atoms with Crippen LogP contribution >= 0.6 is 0 Å². The number of methoxy groups -OCH3 is 1. The summed E-state index contributed by atoms with van der Waals surface area (Å²) in [6, 6.07) is 2.83. The van der Waals surface area contributed by atoms with Crippen LogP contribution in [0, 0.1) is 5.92 Å². The van der Waals surface area contributed by atoms with Gasteiger partial charge in [0.05, 0.1) is 13.2 Å². The second kappa shape index (κ2) is 7.04. The van der Waals surface area contributed by atoms with Crippen molar-refractivity contribution in [3.05, 3.63) is 28.2 Å². The predicted octanol–water partition coefficient (Wildman–Crippen LogP) is 0.664. The van der Waals surface area contributed by atoms with Gasteiger partial charge in [0.25, 0.3) is 11.5 Å². The summed E-state index contributed by atoms with van der Waals surface area (Å²) >= 11 is 0. The number of nitrogens with one attached hydrogen (secondary N) is 1. The summed E-state index contributed by atoms with van der Waals surface area (Å²) < 4.78 is 6.13. The molecule has 0 aliphatic heterocycles. The second-order valence-electron chi connectivity index (χ2n) is 4.78. The first-order valence-electron chi connectivity index (χ1n) is 6.33. The molecule has 0 aliphatic carbocycles. The van der Waals surface area contributed by atoms with Crippen LogP contribution in [-0.4, -0.2) is 35.4 Å². The van der Waals surface area contributed by atoms with Crippen LogP contribution in [0.5, 0.6) is 0 Å². The molecule has 0 fully saturated rings. The molecule has 106 valence electrons. The summed E-state index contributed by atoms with van der Waals surface area (Å²) in [5.74, 6) is 0.0655. The molecule has 1 rings (SSSR count). The van der Waals surface area contributed by atoms with Gasteiger partial charge in [-0.3, -0.25) is 9.59 Å². The third-order valence-electron chi connectivity index (χ3n) is 2.97. The van der Waals surface area contributed by atoms with Crippen LogP contribution in [0.3, 0.4) is 0 Å². The van der Waals surface area contributed by atoms with Gasteiger partial charge in [0.2, 0.25) is 0 Å². The summed E-state index contributed by atoms with van der Waals surface area (Å²) in [5.41, 5.74) is -0.00582. The zero-order chi connectivity index (χ0) is 14.4. The van der Waals surface area contributed by atoms with Crippen molar-refractivity contribution in [3.8, 4) is 0 Å². The molecule has 1 amide bonds. The highest BCUT2D eigenvalue weighted by molar-refractivity contribution is 5.92. The van der Waals surface area contributed by atoms with E-state index in [-0.39, 0.29) is 23.2 Å². The Morgan fingerprint density at radius 1 is 1.42 bits per heavy atom. The van der Waals surface area contributed by atoms with Gasteiger partial charge in [-0.2, -0.15) is 5.10 Å². The molecule has 1 N–H and O–H groups in total. The first-order valence-corrected chi connectivity index (χ1v) is 6.33. The number of hydrogen-bond acceptors (Lipinski definition) is 4. The summed E-state index contributed by atoms with van der Waals surface area (Å²) in [4.78, 5) is 23.5. The fourth-order valence-corrected chi connectivity index (χ4v) is 1.36. The van der Waals surface area contributed by atoms with Crippen molar-refractivity contribution in [2.24, 2.45) is 5.92 Å². The second-order valence-corrected chi connectivity index (χ2v) is 4.78. The number of amides is 1. The SMILES string of the molecule is COCCn1nc(C(=O)N[C@@H](C)C(C)C)ccc1=O. The largest absolute Gasteiger partial charge is 0.383 e. The van der Waals surface area contributed by atoms with Crippen molar-refractivity contribution in [2.45, 2.75) is 33.4 Å². The normalized spacial score (nSPS) is 12.5. The Kier molecular flexibility index (Phi) is 5.69. The fraction of sp³-hybridized carbons (Fsp3) is 0.615. The standard InChI is InChI=1S/C13H21N3O3/c1-9(2)10(3)14-13(18)11-5-6-12(17)16(15-11)7-8-19-4/h5-6,9-10H,7-8H2,1-4H3,(H,14,18)/t10-/m0/s1. The van der Waals surface area contributed by atoms with Gasteiger partial charge in [0.15, 0.2) is 0 Å². The summed E-state index contributed by atoms with van der Waals surface area (Å²) in [6.07, 6.45) is 0. The number of rotatable bonds is 6. The maximum absolute atomic E-state index is 12.0. The van der Waals surface area contributed by atoms with Crippen molar-refractivity contribution in [2.75, 3.05) is 13.7 Å². The highest BCUT2D eigenvalue weighted by Crippen LogP contribution is 2.01. The quantitative estimate of drug-likeness (QED) is 0.822. The molecule has 19 heavy (non-hydrogen) atoms. The molecule has 0 saturated heterocycles. The molecule has 0 saturated carbocycles. The van der Waals surface area contributed by atoms with Crippen LogP contribution in [-0.2, 0) is 11.3 Å². The minimum absolute atomic E-state index is 0.0497. The topological polar surface area (TPSA) is 73.2 Å². The van der Waals surface area contributed by atoms with Gasteiger partial charge >= 0.3 is 0 Å². The summed E-state index contributed by atoms with van der Waals surface area (Å²) in [6.45, 7) is 6.69. The van der Waals surface area contributed by atoms with Crippen LogP contribution < -0.4 is 10.9 Å². The Morgan fingerprint density at radius 3 is 2.68 bits per heavy atom. The minimum atomic E-state index is -0.271. The third kappa shape index (κ3) is 4.48. The van der Waals surface area contributed by atoms with Crippen LogP contribution in [0.2, 0.25) is 0 Å². The van der Waals surface area contributed by atoms with Gasteiger partial charge in [-0.15, -0.1) is 0 Å². The Bertz CT molecular complexity index is 482. The molecule has 0 aliphatic rings.